The van der Waals surface area contributed by atoms with Crippen LogP contribution >= 0.6 is 0 Å². The van der Waals surface area contributed by atoms with Crippen molar-refractivity contribution in [2.75, 3.05) is 23.8 Å². The van der Waals surface area contributed by atoms with Crippen LogP contribution in [0.5, 0.6) is 11.5 Å². The molecule has 7 rings (SSSR count). The third-order valence-electron chi connectivity index (χ3n) is 6.73. The van der Waals surface area contributed by atoms with E-state index in [1.807, 2.05) is 30.3 Å². The predicted molar refractivity (Wildman–Crippen MR) is 139 cm³/mol. The lowest BCUT2D eigenvalue weighted by Gasteiger charge is -2.12. The number of carbonyl (C=O) groups excluding carboxylic acids is 1. The number of anilines is 2. The maximum atomic E-state index is 13.5. The Hall–Kier alpha value is -4.87. The summed E-state index contributed by atoms with van der Waals surface area (Å²) in [7, 11) is 0. The minimum atomic E-state index is -2.99. The van der Waals surface area contributed by atoms with E-state index in [-0.39, 0.29) is 5.95 Å². The Balaban J connectivity index is 1.34. The summed E-state index contributed by atoms with van der Waals surface area (Å²) in [5, 5.41) is 7.30. The molecule has 196 valence electrons. The fourth-order valence-corrected chi connectivity index (χ4v) is 4.64. The van der Waals surface area contributed by atoms with Crippen LogP contribution in [0.15, 0.2) is 55.1 Å². The van der Waals surface area contributed by atoms with Crippen LogP contribution in [0.1, 0.15) is 12.0 Å². The summed E-state index contributed by atoms with van der Waals surface area (Å²) in [5.74, 6) is -3.63. The van der Waals surface area contributed by atoms with Gasteiger partial charge < -0.3 is 19.8 Å². The van der Waals surface area contributed by atoms with Crippen LogP contribution in [-0.4, -0.2) is 50.0 Å². The predicted octanol–water partition coefficient (Wildman–Crippen LogP) is 4.55. The number of carbonyl (C=O) groups is 1. The molecule has 1 fully saturated rings. The standard InChI is InChI=1S/C27H21F2N7O3/c28-27(29)8-20(27)25(37)36-26-34-23-22-19(13-33-24(22)35-26)15-1-2-21-16(6-15)7-18(12-31-21)39-4-3-38-17-5-14(10-32-23)9-30-11-17/h1-2,5-7,9,11-13,20H,3-4,8,10H2,(H3,32,33,34,35,36,37). The highest BCUT2D eigenvalue weighted by Gasteiger charge is 2.61. The first-order valence-corrected chi connectivity index (χ1v) is 12.3. The van der Waals surface area contributed by atoms with Crippen LogP contribution in [0.2, 0.25) is 0 Å². The van der Waals surface area contributed by atoms with Crippen molar-refractivity contribution in [3.63, 3.8) is 0 Å². The SMILES string of the molecule is O=C(Nc1nc2c3c(c[nH]c3n1)-c1ccc3ncc(cc3c1)OCCOc1cncc(c1)CN2)C1CC1(F)F. The molecule has 1 amide bonds. The Morgan fingerprint density at radius 1 is 1.05 bits per heavy atom. The Morgan fingerprint density at radius 2 is 1.87 bits per heavy atom. The van der Waals surface area contributed by atoms with Crippen LogP contribution < -0.4 is 20.1 Å². The lowest BCUT2D eigenvalue weighted by Crippen LogP contribution is -2.19. The van der Waals surface area contributed by atoms with E-state index in [1.54, 1.807) is 24.8 Å². The van der Waals surface area contributed by atoms with Crippen molar-refractivity contribution in [1.82, 2.24) is 24.9 Å². The van der Waals surface area contributed by atoms with E-state index in [9.17, 15) is 13.6 Å². The van der Waals surface area contributed by atoms with Gasteiger partial charge >= 0.3 is 0 Å². The first-order chi connectivity index (χ1) is 18.9. The van der Waals surface area contributed by atoms with Gasteiger partial charge in [-0.1, -0.05) is 6.07 Å². The lowest BCUT2D eigenvalue weighted by molar-refractivity contribution is -0.119. The van der Waals surface area contributed by atoms with Crippen LogP contribution in [0.25, 0.3) is 33.1 Å². The smallest absolute Gasteiger partial charge is 0.260 e. The van der Waals surface area contributed by atoms with Crippen molar-refractivity contribution in [2.45, 2.75) is 18.9 Å². The topological polar surface area (TPSA) is 127 Å². The number of hydrogen-bond acceptors (Lipinski definition) is 8. The first-order valence-electron chi connectivity index (χ1n) is 12.3. The normalized spacial score (nSPS) is 17.7. The fraction of sp³-hybridized carbons (Fsp3) is 0.222. The zero-order chi connectivity index (χ0) is 26.6. The molecule has 3 N–H and O–H groups in total. The molecule has 1 saturated carbocycles. The minimum Gasteiger partial charge on any atom is -0.488 e. The fourth-order valence-electron chi connectivity index (χ4n) is 4.64. The summed E-state index contributed by atoms with van der Waals surface area (Å²) in [6.07, 6.45) is 6.31. The van der Waals surface area contributed by atoms with Crippen LogP contribution in [0, 0.1) is 5.92 Å². The third kappa shape index (κ3) is 4.43. The molecule has 5 heterocycles. The zero-order valence-corrected chi connectivity index (χ0v) is 20.4. The second-order valence-corrected chi connectivity index (χ2v) is 9.49. The van der Waals surface area contributed by atoms with Crippen molar-refractivity contribution < 1.29 is 23.0 Å². The van der Waals surface area contributed by atoms with E-state index >= 15 is 0 Å². The molecule has 10 nitrogen and oxygen atoms in total. The molecular formula is C27H21F2N7O3. The average molecular weight is 530 g/mol. The molecule has 5 bridgehead atoms. The number of aromatic amines is 1. The highest BCUT2D eigenvalue weighted by atomic mass is 19.3. The Labute approximate surface area is 219 Å². The van der Waals surface area contributed by atoms with Crippen molar-refractivity contribution in [1.29, 1.82) is 0 Å². The number of nitrogens with zero attached hydrogens (tertiary/aromatic N) is 4. The number of fused-ring (bicyclic) bond motifs is 5. The van der Waals surface area contributed by atoms with Gasteiger partial charge in [0.2, 0.25) is 11.9 Å². The summed E-state index contributed by atoms with van der Waals surface area (Å²) in [5.41, 5.74) is 3.75. The van der Waals surface area contributed by atoms with Gasteiger partial charge in [0.1, 0.15) is 42.1 Å². The molecule has 0 radical (unpaired) electrons. The van der Waals surface area contributed by atoms with Crippen LogP contribution in [0.4, 0.5) is 20.5 Å². The van der Waals surface area contributed by atoms with Gasteiger partial charge in [-0.25, -0.2) is 8.78 Å². The second-order valence-electron chi connectivity index (χ2n) is 9.49. The number of rotatable bonds is 2. The largest absolute Gasteiger partial charge is 0.488 e. The van der Waals surface area contributed by atoms with Gasteiger partial charge in [-0.2, -0.15) is 9.97 Å². The van der Waals surface area contributed by atoms with Crippen molar-refractivity contribution in [3.05, 3.63) is 60.7 Å². The van der Waals surface area contributed by atoms with Gasteiger partial charge in [0.05, 0.1) is 23.3 Å². The van der Waals surface area contributed by atoms with Crippen molar-refractivity contribution >= 4 is 39.6 Å². The first kappa shape index (κ1) is 23.3. The van der Waals surface area contributed by atoms with Gasteiger partial charge in [-0.05, 0) is 35.4 Å². The highest BCUT2D eigenvalue weighted by molar-refractivity contribution is 6.04. The molecule has 1 aromatic carbocycles. The Morgan fingerprint density at radius 3 is 2.69 bits per heavy atom. The lowest BCUT2D eigenvalue weighted by atomic mass is 10.0. The maximum Gasteiger partial charge on any atom is 0.260 e. The molecule has 5 aromatic rings. The molecular weight excluding hydrogens is 508 g/mol. The molecule has 39 heavy (non-hydrogen) atoms. The van der Waals surface area contributed by atoms with E-state index in [4.69, 9.17) is 9.47 Å². The quantitative estimate of drug-likeness (QED) is 0.304. The molecule has 1 aliphatic heterocycles. The van der Waals surface area contributed by atoms with Crippen molar-refractivity contribution in [3.8, 4) is 22.6 Å². The van der Waals surface area contributed by atoms with Gasteiger partial charge in [-0.15, -0.1) is 0 Å². The summed E-state index contributed by atoms with van der Waals surface area (Å²) >= 11 is 0. The Kier molecular flexibility index (Phi) is 5.28. The monoisotopic (exact) mass is 529 g/mol. The number of amides is 1. The number of alkyl halides is 2. The maximum absolute atomic E-state index is 13.5. The minimum absolute atomic E-state index is 0.0725. The number of halogens is 2. The van der Waals surface area contributed by atoms with Crippen LogP contribution in [-0.2, 0) is 11.3 Å². The van der Waals surface area contributed by atoms with Crippen molar-refractivity contribution in [2.24, 2.45) is 5.92 Å². The molecule has 1 atom stereocenters. The average Bonchev–Trinajstić information content (AvgIpc) is 3.37. The molecule has 0 spiro atoms. The number of benzene rings is 1. The molecule has 2 aliphatic rings. The van der Waals surface area contributed by atoms with E-state index < -0.39 is 24.2 Å². The van der Waals surface area contributed by atoms with Gasteiger partial charge in [0.15, 0.2) is 0 Å². The third-order valence-corrected chi connectivity index (χ3v) is 6.73. The van der Waals surface area contributed by atoms with Gasteiger partial charge in [0.25, 0.3) is 5.92 Å². The molecule has 1 aliphatic carbocycles. The molecule has 12 heteroatoms. The van der Waals surface area contributed by atoms with E-state index in [0.717, 1.165) is 27.6 Å². The number of hydrogen-bond donors (Lipinski definition) is 3. The molecule has 4 aromatic heterocycles. The second kappa shape index (κ2) is 8.86. The zero-order valence-electron chi connectivity index (χ0n) is 20.4. The van der Waals surface area contributed by atoms with E-state index in [0.29, 0.717) is 48.1 Å². The Bertz CT molecular complexity index is 1760. The molecule has 0 saturated heterocycles. The summed E-state index contributed by atoms with van der Waals surface area (Å²) in [6, 6.07) is 9.62. The molecule has 1 unspecified atom stereocenters. The number of nitrogens with one attached hydrogen (secondary N) is 3. The number of H-pyrrole nitrogens is 1. The van der Waals surface area contributed by atoms with Gasteiger partial charge in [0, 0.05) is 36.3 Å². The van der Waals surface area contributed by atoms with Crippen LogP contribution in [0.3, 0.4) is 0 Å². The number of pyridine rings is 2. The number of aromatic nitrogens is 5. The van der Waals surface area contributed by atoms with E-state index in [1.165, 1.54) is 0 Å². The summed E-state index contributed by atoms with van der Waals surface area (Å²) in [6.45, 7) is 0.975. The van der Waals surface area contributed by atoms with E-state index in [2.05, 4.69) is 35.6 Å². The highest BCUT2D eigenvalue weighted by Crippen LogP contribution is 2.49. The van der Waals surface area contributed by atoms with Gasteiger partial charge in [-0.3, -0.25) is 20.1 Å². The summed E-state index contributed by atoms with van der Waals surface area (Å²) < 4.78 is 38.6. The number of ether oxygens (including phenoxy) is 2. The summed E-state index contributed by atoms with van der Waals surface area (Å²) in [4.78, 5) is 33.2.